The van der Waals surface area contributed by atoms with Gasteiger partial charge in [0.05, 0.1) is 16.2 Å². The zero-order valence-corrected chi connectivity index (χ0v) is 22.9. The third-order valence-electron chi connectivity index (χ3n) is 5.49. The molecule has 164 valence electrons. The van der Waals surface area contributed by atoms with E-state index in [1.165, 1.54) is 38.5 Å². The van der Waals surface area contributed by atoms with Crippen molar-refractivity contribution in [2.24, 2.45) is 0 Å². The van der Waals surface area contributed by atoms with Crippen LogP contribution in [0.5, 0.6) is 0 Å². The van der Waals surface area contributed by atoms with Crippen LogP contribution in [0, 0.1) is 0 Å². The molecular formula is C22H45KO4S. The molecule has 4 nitrogen and oxygen atoms in total. The summed E-state index contributed by atoms with van der Waals surface area (Å²) < 4.78 is 34.0. The van der Waals surface area contributed by atoms with Crippen LogP contribution in [-0.4, -0.2) is 29.4 Å². The second-order valence-electron chi connectivity index (χ2n) is 8.17. The Bertz CT molecular complexity index is 415. The van der Waals surface area contributed by atoms with E-state index >= 15 is 0 Å². The molecule has 0 rings (SSSR count). The Labute approximate surface area is 218 Å². The van der Waals surface area contributed by atoms with E-state index in [9.17, 15) is 18.1 Å². The molecular weight excluding hydrogens is 399 g/mol. The van der Waals surface area contributed by atoms with Crippen LogP contribution in [0.2, 0.25) is 0 Å². The molecule has 1 N–H and O–H groups in total. The molecule has 0 saturated heterocycles. The average molecular weight is 445 g/mol. The standard InChI is InChI=1S/C22H46O4S.K/c1-3-5-13-17-21(23)18-15-11-9-7-8-10-12-16-20-22(27(24,25)26)19-14-6-4-2;/h21-23H,3-20H2,1-2H3,(H,24,25,26);/q;+1/p-1. The van der Waals surface area contributed by atoms with Crippen LogP contribution in [0.4, 0.5) is 0 Å². The molecule has 0 radical (unpaired) electrons. The molecule has 0 spiro atoms. The summed E-state index contributed by atoms with van der Waals surface area (Å²) in [6.07, 6.45) is 18.2. The molecule has 0 bridgehead atoms. The smallest absolute Gasteiger partial charge is 0.748 e. The van der Waals surface area contributed by atoms with Crippen molar-refractivity contribution in [3.63, 3.8) is 0 Å². The second-order valence-corrected chi connectivity index (χ2v) is 9.82. The molecule has 0 aliphatic heterocycles. The molecule has 28 heavy (non-hydrogen) atoms. The number of aliphatic hydroxyl groups is 1. The van der Waals surface area contributed by atoms with E-state index < -0.39 is 15.4 Å². The van der Waals surface area contributed by atoms with Gasteiger partial charge in [-0.2, -0.15) is 0 Å². The molecule has 0 aromatic carbocycles. The van der Waals surface area contributed by atoms with E-state index in [-0.39, 0.29) is 57.5 Å². The minimum absolute atomic E-state index is 0. The zero-order valence-electron chi connectivity index (χ0n) is 19.0. The number of aliphatic hydroxyl groups excluding tert-OH is 1. The van der Waals surface area contributed by atoms with Crippen molar-refractivity contribution in [1.29, 1.82) is 0 Å². The summed E-state index contributed by atoms with van der Waals surface area (Å²) in [5.41, 5.74) is 0. The van der Waals surface area contributed by atoms with Gasteiger partial charge in [-0.1, -0.05) is 104 Å². The van der Waals surface area contributed by atoms with Crippen molar-refractivity contribution in [2.45, 2.75) is 141 Å². The van der Waals surface area contributed by atoms with E-state index in [1.807, 2.05) is 0 Å². The maximum Gasteiger partial charge on any atom is 1.00 e. The minimum Gasteiger partial charge on any atom is -0.748 e. The Morgan fingerprint density at radius 1 is 0.643 bits per heavy atom. The van der Waals surface area contributed by atoms with E-state index in [2.05, 4.69) is 13.8 Å². The fourth-order valence-electron chi connectivity index (χ4n) is 3.64. The van der Waals surface area contributed by atoms with Gasteiger partial charge in [0.2, 0.25) is 0 Å². The van der Waals surface area contributed by atoms with Gasteiger partial charge in [0.1, 0.15) is 0 Å². The van der Waals surface area contributed by atoms with Gasteiger partial charge < -0.3 is 9.66 Å². The first-order chi connectivity index (χ1) is 12.9. The first-order valence-corrected chi connectivity index (χ1v) is 13.0. The maximum atomic E-state index is 11.3. The van der Waals surface area contributed by atoms with Crippen molar-refractivity contribution in [1.82, 2.24) is 0 Å². The first-order valence-electron chi connectivity index (χ1n) is 11.5. The van der Waals surface area contributed by atoms with Crippen LogP contribution < -0.4 is 51.4 Å². The van der Waals surface area contributed by atoms with Gasteiger partial charge in [-0.3, -0.25) is 0 Å². The van der Waals surface area contributed by atoms with Gasteiger partial charge in [0.25, 0.3) is 0 Å². The van der Waals surface area contributed by atoms with Gasteiger partial charge >= 0.3 is 51.4 Å². The summed E-state index contributed by atoms with van der Waals surface area (Å²) in [7, 11) is -4.14. The molecule has 2 atom stereocenters. The van der Waals surface area contributed by atoms with Gasteiger partial charge in [0.15, 0.2) is 0 Å². The van der Waals surface area contributed by atoms with Crippen molar-refractivity contribution in [3.05, 3.63) is 0 Å². The number of hydrogen-bond acceptors (Lipinski definition) is 4. The van der Waals surface area contributed by atoms with E-state index in [4.69, 9.17) is 0 Å². The van der Waals surface area contributed by atoms with Crippen LogP contribution in [0.1, 0.15) is 129 Å². The Morgan fingerprint density at radius 3 is 1.36 bits per heavy atom. The summed E-state index contributed by atoms with van der Waals surface area (Å²) in [6, 6.07) is 0. The van der Waals surface area contributed by atoms with Crippen LogP contribution >= 0.6 is 0 Å². The van der Waals surface area contributed by atoms with Crippen LogP contribution in [0.3, 0.4) is 0 Å². The maximum absolute atomic E-state index is 11.3. The molecule has 0 amide bonds. The first kappa shape index (κ1) is 31.7. The number of rotatable bonds is 20. The van der Waals surface area contributed by atoms with Crippen molar-refractivity contribution < 1.29 is 69.5 Å². The normalized spacial score (nSPS) is 13.9. The van der Waals surface area contributed by atoms with E-state index in [1.54, 1.807) is 0 Å². The van der Waals surface area contributed by atoms with Crippen molar-refractivity contribution >= 4 is 10.1 Å². The van der Waals surface area contributed by atoms with Crippen LogP contribution in [-0.2, 0) is 10.1 Å². The molecule has 0 aromatic heterocycles. The minimum atomic E-state index is -4.14. The molecule has 6 heteroatoms. The fraction of sp³-hybridized carbons (Fsp3) is 1.00. The SMILES string of the molecule is CCCCCC(O)CCCCCCCCCCC(CCCCC)S(=O)(=O)[O-].[K+]. The zero-order chi connectivity index (χ0) is 20.4. The summed E-state index contributed by atoms with van der Waals surface area (Å²) in [6.45, 7) is 4.26. The van der Waals surface area contributed by atoms with E-state index in [0.717, 1.165) is 64.2 Å². The molecule has 0 saturated carbocycles. The van der Waals surface area contributed by atoms with Gasteiger partial charge in [-0.25, -0.2) is 8.42 Å². The molecule has 0 aliphatic carbocycles. The average Bonchev–Trinajstić information content (AvgIpc) is 2.61. The third-order valence-corrected chi connectivity index (χ3v) is 6.78. The van der Waals surface area contributed by atoms with E-state index in [0.29, 0.717) is 12.8 Å². The summed E-state index contributed by atoms with van der Waals surface area (Å²) >= 11 is 0. The fourth-order valence-corrected chi connectivity index (χ4v) is 4.55. The van der Waals surface area contributed by atoms with Gasteiger partial charge in [0, 0.05) is 5.25 Å². The Balaban J connectivity index is 0. The third kappa shape index (κ3) is 20.8. The molecule has 2 unspecified atom stereocenters. The van der Waals surface area contributed by atoms with Crippen LogP contribution in [0.15, 0.2) is 0 Å². The Morgan fingerprint density at radius 2 is 0.964 bits per heavy atom. The van der Waals surface area contributed by atoms with Gasteiger partial charge in [-0.15, -0.1) is 0 Å². The molecule has 0 fully saturated rings. The summed E-state index contributed by atoms with van der Waals surface area (Å²) in [4.78, 5) is 0. The molecule has 0 heterocycles. The van der Waals surface area contributed by atoms with Crippen molar-refractivity contribution in [3.8, 4) is 0 Å². The Hall–Kier alpha value is 1.51. The summed E-state index contributed by atoms with van der Waals surface area (Å²) in [5.74, 6) is 0. The molecule has 0 aliphatic rings. The topological polar surface area (TPSA) is 77.4 Å². The number of hydrogen-bond donors (Lipinski definition) is 1. The second kappa shape index (κ2) is 21.7. The van der Waals surface area contributed by atoms with Crippen LogP contribution in [0.25, 0.3) is 0 Å². The van der Waals surface area contributed by atoms with Gasteiger partial charge in [-0.05, 0) is 25.7 Å². The predicted molar refractivity (Wildman–Crippen MR) is 114 cm³/mol. The number of unbranched alkanes of at least 4 members (excludes halogenated alkanes) is 11. The monoisotopic (exact) mass is 444 g/mol. The predicted octanol–water partition coefficient (Wildman–Crippen LogP) is 3.33. The summed E-state index contributed by atoms with van der Waals surface area (Å²) in [5, 5.41) is 9.21. The van der Waals surface area contributed by atoms with Crippen molar-refractivity contribution in [2.75, 3.05) is 0 Å². The largest absolute Gasteiger partial charge is 1.00 e. The molecule has 0 aromatic rings. The Kier molecular flexibility index (Phi) is 24.6. The quantitative estimate of drug-likeness (QED) is 0.177.